The Kier molecular flexibility index (Phi) is 3.69. The summed E-state index contributed by atoms with van der Waals surface area (Å²) in [6.07, 6.45) is -1.79. The maximum absolute atomic E-state index is 12.0. The molecule has 0 spiro atoms. The molecule has 0 fully saturated rings. The lowest BCUT2D eigenvalue weighted by Gasteiger charge is -2.13. The van der Waals surface area contributed by atoms with Crippen molar-refractivity contribution in [3.05, 3.63) is 35.4 Å². The molecule has 18 heavy (non-hydrogen) atoms. The summed E-state index contributed by atoms with van der Waals surface area (Å²) < 4.78 is 23.9. The van der Waals surface area contributed by atoms with Crippen LogP contribution in [0.25, 0.3) is 0 Å². The Hall–Kier alpha value is -1.78. The number of hydrogen-bond donors (Lipinski definition) is 0. The Morgan fingerprint density at radius 2 is 1.56 bits per heavy atom. The monoisotopic (exact) mass is 253 g/mol. The van der Waals surface area contributed by atoms with Crippen LogP contribution in [0.4, 0.5) is 8.78 Å². The smallest absolute Gasteiger partial charge is 0.261 e. The molecule has 2 rings (SSSR count). The molecule has 0 atom stereocenters. The second-order valence-corrected chi connectivity index (χ2v) is 4.19. The van der Waals surface area contributed by atoms with Gasteiger partial charge < -0.3 is 0 Å². The third-order valence-electron chi connectivity index (χ3n) is 2.93. The first kappa shape index (κ1) is 12.7. The van der Waals surface area contributed by atoms with E-state index in [1.807, 2.05) is 0 Å². The molecule has 0 N–H and O–H groups in total. The first-order valence-electron chi connectivity index (χ1n) is 5.84. The molecule has 1 aliphatic rings. The zero-order valence-electron chi connectivity index (χ0n) is 9.73. The number of amides is 2. The van der Waals surface area contributed by atoms with Gasteiger partial charge in [-0.1, -0.05) is 12.1 Å². The minimum Gasteiger partial charge on any atom is -0.274 e. The largest absolute Gasteiger partial charge is 0.274 e. The van der Waals surface area contributed by atoms with Crippen LogP contribution in [0.2, 0.25) is 0 Å². The minimum atomic E-state index is -2.33. The zero-order valence-corrected chi connectivity index (χ0v) is 9.73. The van der Waals surface area contributed by atoms with Crippen LogP contribution < -0.4 is 0 Å². The normalized spacial score (nSPS) is 14.5. The summed E-state index contributed by atoms with van der Waals surface area (Å²) in [7, 11) is 0. The molecule has 3 nitrogen and oxygen atoms in total. The lowest BCUT2D eigenvalue weighted by Crippen LogP contribution is -2.30. The number of halogens is 2. The molecule has 1 aromatic carbocycles. The van der Waals surface area contributed by atoms with Crippen molar-refractivity contribution < 1.29 is 18.4 Å². The number of carbonyl (C=O) groups is 2. The summed E-state index contributed by atoms with van der Waals surface area (Å²) in [6.45, 7) is 0.207. The van der Waals surface area contributed by atoms with Gasteiger partial charge in [0.25, 0.3) is 11.8 Å². The molecule has 1 aliphatic heterocycles. The molecule has 5 heteroatoms. The van der Waals surface area contributed by atoms with E-state index in [-0.39, 0.29) is 24.8 Å². The van der Waals surface area contributed by atoms with Gasteiger partial charge in [0, 0.05) is 13.0 Å². The number of unbranched alkanes of at least 4 members (excludes halogenated alkanes) is 1. The van der Waals surface area contributed by atoms with E-state index >= 15 is 0 Å². The Morgan fingerprint density at radius 3 is 2.06 bits per heavy atom. The number of fused-ring (bicyclic) bond motifs is 1. The van der Waals surface area contributed by atoms with E-state index in [0.717, 1.165) is 4.90 Å². The van der Waals surface area contributed by atoms with E-state index in [4.69, 9.17) is 0 Å². The minimum absolute atomic E-state index is 0.191. The Bertz CT molecular complexity index is 439. The van der Waals surface area contributed by atoms with Crippen LogP contribution in [0.5, 0.6) is 0 Å². The summed E-state index contributed by atoms with van der Waals surface area (Å²) in [6, 6.07) is 6.61. The van der Waals surface area contributed by atoms with E-state index in [9.17, 15) is 18.4 Å². The Labute approximate surface area is 103 Å². The van der Waals surface area contributed by atoms with Crippen molar-refractivity contribution in [2.45, 2.75) is 25.7 Å². The number of benzene rings is 1. The molecular formula is C13H13F2NO2. The molecule has 0 unspecified atom stereocenters. The summed E-state index contributed by atoms with van der Waals surface area (Å²) in [5.74, 6) is -0.653. The highest BCUT2D eigenvalue weighted by Gasteiger charge is 2.34. The van der Waals surface area contributed by atoms with Crippen molar-refractivity contribution >= 4 is 11.8 Å². The first-order valence-corrected chi connectivity index (χ1v) is 5.84. The topological polar surface area (TPSA) is 37.4 Å². The average molecular weight is 253 g/mol. The maximum atomic E-state index is 12.0. The maximum Gasteiger partial charge on any atom is 0.261 e. The predicted octanol–water partition coefficient (Wildman–Crippen LogP) is 2.72. The zero-order chi connectivity index (χ0) is 13.1. The van der Waals surface area contributed by atoms with Crippen molar-refractivity contribution in [1.82, 2.24) is 4.90 Å². The van der Waals surface area contributed by atoms with Gasteiger partial charge in [0.15, 0.2) is 0 Å². The lowest BCUT2D eigenvalue weighted by atomic mass is 10.1. The van der Waals surface area contributed by atoms with Gasteiger partial charge in [-0.2, -0.15) is 0 Å². The first-order chi connectivity index (χ1) is 8.61. The Morgan fingerprint density at radius 1 is 1.00 bits per heavy atom. The summed E-state index contributed by atoms with van der Waals surface area (Å²) in [5.41, 5.74) is 0.799. The lowest BCUT2D eigenvalue weighted by molar-refractivity contribution is 0.0648. The number of hydrogen-bond acceptors (Lipinski definition) is 2. The van der Waals surface area contributed by atoms with Gasteiger partial charge in [-0.25, -0.2) is 8.78 Å². The molecule has 0 saturated carbocycles. The van der Waals surface area contributed by atoms with Crippen LogP contribution in [0.3, 0.4) is 0 Å². The van der Waals surface area contributed by atoms with Gasteiger partial charge in [0.2, 0.25) is 6.43 Å². The van der Waals surface area contributed by atoms with Gasteiger partial charge in [-0.15, -0.1) is 0 Å². The van der Waals surface area contributed by atoms with E-state index in [2.05, 4.69) is 0 Å². The molecule has 0 saturated heterocycles. The molecule has 96 valence electrons. The second kappa shape index (κ2) is 5.25. The van der Waals surface area contributed by atoms with Crippen LogP contribution in [-0.2, 0) is 0 Å². The SMILES string of the molecule is O=C1c2ccccc2C(=O)N1CCCCC(F)F. The van der Waals surface area contributed by atoms with Gasteiger partial charge in [0.05, 0.1) is 11.1 Å². The molecular weight excluding hydrogens is 240 g/mol. The molecule has 0 aliphatic carbocycles. The highest BCUT2D eigenvalue weighted by molar-refractivity contribution is 6.21. The molecule has 1 heterocycles. The van der Waals surface area contributed by atoms with Gasteiger partial charge in [-0.3, -0.25) is 14.5 Å². The van der Waals surface area contributed by atoms with Gasteiger partial charge in [-0.05, 0) is 25.0 Å². The third kappa shape index (κ3) is 2.39. The van der Waals surface area contributed by atoms with E-state index in [1.54, 1.807) is 24.3 Å². The molecule has 0 aromatic heterocycles. The molecule has 0 radical (unpaired) electrons. The fourth-order valence-corrected chi connectivity index (χ4v) is 2.01. The predicted molar refractivity (Wildman–Crippen MR) is 61.7 cm³/mol. The summed E-state index contributed by atoms with van der Waals surface area (Å²) in [4.78, 5) is 24.9. The van der Waals surface area contributed by atoms with Crippen LogP contribution in [-0.4, -0.2) is 29.7 Å². The highest BCUT2D eigenvalue weighted by atomic mass is 19.3. The standard InChI is InChI=1S/C13H13F2NO2/c14-11(15)7-3-4-8-16-12(17)9-5-1-2-6-10(9)13(16)18/h1-2,5-6,11H,3-4,7-8H2. The van der Waals surface area contributed by atoms with Crippen LogP contribution in [0.1, 0.15) is 40.0 Å². The fourth-order valence-electron chi connectivity index (χ4n) is 2.01. The quantitative estimate of drug-likeness (QED) is 0.597. The van der Waals surface area contributed by atoms with E-state index in [1.165, 1.54) is 0 Å². The summed E-state index contributed by atoms with van der Waals surface area (Å²) >= 11 is 0. The van der Waals surface area contributed by atoms with Gasteiger partial charge in [0.1, 0.15) is 0 Å². The number of alkyl halides is 2. The van der Waals surface area contributed by atoms with Crippen molar-refractivity contribution in [1.29, 1.82) is 0 Å². The van der Waals surface area contributed by atoms with Crippen LogP contribution in [0.15, 0.2) is 24.3 Å². The second-order valence-electron chi connectivity index (χ2n) is 4.19. The van der Waals surface area contributed by atoms with Gasteiger partial charge >= 0.3 is 0 Å². The number of rotatable bonds is 5. The molecule has 1 aromatic rings. The molecule has 2 amide bonds. The van der Waals surface area contributed by atoms with Crippen molar-refractivity contribution in [2.75, 3.05) is 6.54 Å². The van der Waals surface area contributed by atoms with E-state index < -0.39 is 6.43 Å². The average Bonchev–Trinajstić information content (AvgIpc) is 2.59. The summed E-state index contributed by atoms with van der Waals surface area (Å²) in [5, 5.41) is 0. The number of carbonyl (C=O) groups excluding carboxylic acids is 2. The van der Waals surface area contributed by atoms with E-state index in [0.29, 0.717) is 24.0 Å². The number of nitrogens with zero attached hydrogens (tertiary/aromatic N) is 1. The van der Waals surface area contributed by atoms with Crippen LogP contribution in [0, 0.1) is 0 Å². The highest BCUT2D eigenvalue weighted by Crippen LogP contribution is 2.22. The Balaban J connectivity index is 1.97. The van der Waals surface area contributed by atoms with Crippen LogP contribution >= 0.6 is 0 Å². The fraction of sp³-hybridized carbons (Fsp3) is 0.385. The van der Waals surface area contributed by atoms with Crippen molar-refractivity contribution in [2.24, 2.45) is 0 Å². The number of imide groups is 1. The third-order valence-corrected chi connectivity index (χ3v) is 2.93. The van der Waals surface area contributed by atoms with Crippen molar-refractivity contribution in [3.8, 4) is 0 Å². The molecule has 0 bridgehead atoms. The van der Waals surface area contributed by atoms with Crippen molar-refractivity contribution in [3.63, 3.8) is 0 Å².